The van der Waals surface area contributed by atoms with Crippen LogP contribution in [-0.2, 0) is 0 Å². The van der Waals surface area contributed by atoms with E-state index in [1.807, 2.05) is 25.1 Å². The topological polar surface area (TPSA) is 13.1 Å². The highest BCUT2D eigenvalue weighted by Gasteiger charge is 2.09. The Morgan fingerprint density at radius 3 is 2.67 bits per heavy atom. The molecule has 62 valence electrons. The minimum absolute atomic E-state index is 0.911. The maximum Gasteiger partial charge on any atom is 0.136 e. The zero-order valence-corrected chi connectivity index (χ0v) is 9.57. The van der Waals surface area contributed by atoms with Crippen molar-refractivity contribution in [1.82, 2.24) is 0 Å². The number of aryl methyl sites for hydroxylation is 1. The summed E-state index contributed by atoms with van der Waals surface area (Å²) in [5.74, 6) is 0.914. The van der Waals surface area contributed by atoms with Crippen molar-refractivity contribution in [2.45, 2.75) is 6.92 Å². The van der Waals surface area contributed by atoms with Crippen LogP contribution in [0.15, 0.2) is 31.6 Å². The van der Waals surface area contributed by atoms with Crippen LogP contribution >= 0.6 is 31.9 Å². The largest absolute Gasteiger partial charge is 0.460 e. The highest BCUT2D eigenvalue weighted by molar-refractivity contribution is 9.11. The molecule has 0 radical (unpaired) electrons. The van der Waals surface area contributed by atoms with Gasteiger partial charge in [-0.3, -0.25) is 0 Å². The van der Waals surface area contributed by atoms with Crippen LogP contribution in [-0.4, -0.2) is 0 Å². The Labute approximate surface area is 87.0 Å². The van der Waals surface area contributed by atoms with E-state index in [1.165, 1.54) is 0 Å². The molecule has 0 N–H and O–H groups in total. The number of furan rings is 1. The van der Waals surface area contributed by atoms with Gasteiger partial charge in [-0.25, -0.2) is 0 Å². The van der Waals surface area contributed by atoms with Crippen LogP contribution in [0.25, 0.3) is 11.0 Å². The fraction of sp³-hybridized carbons (Fsp3) is 0.111. The first-order valence-electron chi connectivity index (χ1n) is 3.53. The number of hydrogen-bond donors (Lipinski definition) is 0. The van der Waals surface area contributed by atoms with E-state index in [9.17, 15) is 0 Å². The van der Waals surface area contributed by atoms with Crippen LogP contribution in [0.5, 0.6) is 0 Å². The Balaban J connectivity index is 2.97. The van der Waals surface area contributed by atoms with Crippen molar-refractivity contribution in [2.75, 3.05) is 0 Å². The summed E-state index contributed by atoms with van der Waals surface area (Å²) in [4.78, 5) is 0. The fourth-order valence-electron chi connectivity index (χ4n) is 1.19. The summed E-state index contributed by atoms with van der Waals surface area (Å²) in [7, 11) is 0. The van der Waals surface area contributed by atoms with Crippen LogP contribution in [0.2, 0.25) is 0 Å². The van der Waals surface area contributed by atoms with Gasteiger partial charge in [-0.05, 0) is 50.9 Å². The summed E-state index contributed by atoms with van der Waals surface area (Å²) in [5.41, 5.74) is 0.911. The van der Waals surface area contributed by atoms with Gasteiger partial charge >= 0.3 is 0 Å². The number of benzene rings is 1. The Morgan fingerprint density at radius 2 is 2.00 bits per heavy atom. The Morgan fingerprint density at radius 1 is 1.25 bits per heavy atom. The summed E-state index contributed by atoms with van der Waals surface area (Å²) in [6, 6.07) is 5.92. The SMILES string of the molecule is Cc1oc2cccc(Br)c2c1Br. The first-order valence-corrected chi connectivity index (χ1v) is 5.12. The molecule has 0 aliphatic carbocycles. The summed E-state index contributed by atoms with van der Waals surface area (Å²) >= 11 is 6.95. The van der Waals surface area contributed by atoms with Crippen LogP contribution in [0.4, 0.5) is 0 Å². The third-order valence-corrected chi connectivity index (χ3v) is 3.38. The smallest absolute Gasteiger partial charge is 0.136 e. The van der Waals surface area contributed by atoms with Crippen molar-refractivity contribution >= 4 is 42.8 Å². The first kappa shape index (κ1) is 8.32. The molecule has 0 saturated carbocycles. The third-order valence-electron chi connectivity index (χ3n) is 1.77. The maximum atomic E-state index is 5.50. The summed E-state index contributed by atoms with van der Waals surface area (Å²) < 4.78 is 7.59. The average Bonchev–Trinajstić information content (AvgIpc) is 2.29. The van der Waals surface area contributed by atoms with Crippen molar-refractivity contribution in [3.8, 4) is 0 Å². The van der Waals surface area contributed by atoms with E-state index >= 15 is 0 Å². The molecule has 0 amide bonds. The molecule has 1 aromatic carbocycles. The summed E-state index contributed by atoms with van der Waals surface area (Å²) in [6.45, 7) is 1.94. The van der Waals surface area contributed by atoms with E-state index < -0.39 is 0 Å². The molecule has 1 heterocycles. The molecule has 2 aromatic rings. The van der Waals surface area contributed by atoms with Gasteiger partial charge in [0.2, 0.25) is 0 Å². The number of fused-ring (bicyclic) bond motifs is 1. The van der Waals surface area contributed by atoms with E-state index in [0.29, 0.717) is 0 Å². The minimum atomic E-state index is 0.911. The maximum absolute atomic E-state index is 5.50. The lowest BCUT2D eigenvalue weighted by Crippen LogP contribution is -1.67. The van der Waals surface area contributed by atoms with E-state index in [4.69, 9.17) is 4.42 Å². The molecule has 0 aliphatic heterocycles. The van der Waals surface area contributed by atoms with Crippen LogP contribution in [0.1, 0.15) is 5.76 Å². The van der Waals surface area contributed by atoms with Gasteiger partial charge in [0.25, 0.3) is 0 Å². The molecular formula is C9H6Br2O. The number of halogens is 2. The zero-order chi connectivity index (χ0) is 8.72. The first-order chi connectivity index (χ1) is 5.70. The molecule has 0 bridgehead atoms. The second kappa shape index (κ2) is 2.89. The summed E-state index contributed by atoms with van der Waals surface area (Å²) in [5, 5.41) is 1.11. The van der Waals surface area contributed by atoms with Crippen molar-refractivity contribution < 1.29 is 4.42 Å². The van der Waals surface area contributed by atoms with Gasteiger partial charge in [0.05, 0.1) is 4.47 Å². The second-order valence-corrected chi connectivity index (χ2v) is 4.23. The van der Waals surface area contributed by atoms with E-state index in [1.54, 1.807) is 0 Å². The molecule has 1 nitrogen and oxygen atoms in total. The third kappa shape index (κ3) is 1.12. The molecule has 0 unspecified atom stereocenters. The Bertz CT molecular complexity index is 431. The highest BCUT2D eigenvalue weighted by Crippen LogP contribution is 2.35. The molecule has 0 fully saturated rings. The lowest BCUT2D eigenvalue weighted by atomic mass is 10.2. The Hall–Kier alpha value is -0.280. The average molecular weight is 290 g/mol. The lowest BCUT2D eigenvalue weighted by molar-refractivity contribution is 0.576. The molecule has 12 heavy (non-hydrogen) atoms. The fourth-order valence-corrected chi connectivity index (χ4v) is 2.49. The van der Waals surface area contributed by atoms with Crippen molar-refractivity contribution in [3.05, 3.63) is 32.9 Å². The van der Waals surface area contributed by atoms with E-state index in [2.05, 4.69) is 31.9 Å². The van der Waals surface area contributed by atoms with Crippen LogP contribution in [0.3, 0.4) is 0 Å². The van der Waals surface area contributed by atoms with Crippen molar-refractivity contribution in [3.63, 3.8) is 0 Å². The summed E-state index contributed by atoms with van der Waals surface area (Å²) in [6.07, 6.45) is 0. The molecular weight excluding hydrogens is 284 g/mol. The molecule has 3 heteroatoms. The molecule has 0 saturated heterocycles. The van der Waals surface area contributed by atoms with E-state index in [-0.39, 0.29) is 0 Å². The molecule has 2 rings (SSSR count). The van der Waals surface area contributed by atoms with Gasteiger partial charge in [0, 0.05) is 9.86 Å². The highest BCUT2D eigenvalue weighted by atomic mass is 79.9. The second-order valence-electron chi connectivity index (χ2n) is 2.59. The normalized spacial score (nSPS) is 10.9. The van der Waals surface area contributed by atoms with Crippen molar-refractivity contribution in [1.29, 1.82) is 0 Å². The number of rotatable bonds is 0. The Kier molecular flexibility index (Phi) is 2.00. The quantitative estimate of drug-likeness (QED) is 0.706. The number of hydrogen-bond acceptors (Lipinski definition) is 1. The van der Waals surface area contributed by atoms with Gasteiger partial charge in [0.15, 0.2) is 0 Å². The molecule has 0 spiro atoms. The standard InChI is InChI=1S/C9H6Br2O/c1-5-9(11)8-6(10)3-2-4-7(8)12-5/h2-4H,1H3. The van der Waals surface area contributed by atoms with Gasteiger partial charge in [-0.1, -0.05) is 6.07 Å². The van der Waals surface area contributed by atoms with Crippen molar-refractivity contribution in [2.24, 2.45) is 0 Å². The zero-order valence-electron chi connectivity index (χ0n) is 6.40. The predicted molar refractivity (Wildman–Crippen MR) is 56.4 cm³/mol. The lowest BCUT2D eigenvalue weighted by Gasteiger charge is -1.91. The van der Waals surface area contributed by atoms with Crippen LogP contribution in [0, 0.1) is 6.92 Å². The van der Waals surface area contributed by atoms with Crippen LogP contribution < -0.4 is 0 Å². The molecule has 0 atom stereocenters. The minimum Gasteiger partial charge on any atom is -0.460 e. The van der Waals surface area contributed by atoms with E-state index in [0.717, 1.165) is 25.7 Å². The molecule has 1 aromatic heterocycles. The monoisotopic (exact) mass is 288 g/mol. The predicted octanol–water partition coefficient (Wildman–Crippen LogP) is 4.27. The van der Waals surface area contributed by atoms with Gasteiger partial charge in [-0.2, -0.15) is 0 Å². The van der Waals surface area contributed by atoms with Gasteiger partial charge < -0.3 is 4.42 Å². The van der Waals surface area contributed by atoms with Gasteiger partial charge in [0.1, 0.15) is 11.3 Å². The van der Waals surface area contributed by atoms with Gasteiger partial charge in [-0.15, -0.1) is 0 Å². The molecule has 0 aliphatic rings.